The number of hydrogen-bond acceptors (Lipinski definition) is 5. The van der Waals surface area contributed by atoms with E-state index in [1.807, 2.05) is 0 Å². The lowest BCUT2D eigenvalue weighted by molar-refractivity contribution is -0.154. The summed E-state index contributed by atoms with van der Waals surface area (Å²) in [6, 6.07) is 0. The SMILES string of the molecule is COCO[C@H](CO)CC#CCOC1CCCCO1. The third-order valence-electron chi connectivity index (χ3n) is 2.56. The van der Waals surface area contributed by atoms with Crippen LogP contribution in [0, 0.1) is 11.8 Å². The summed E-state index contributed by atoms with van der Waals surface area (Å²) in [4.78, 5) is 0. The molecule has 1 saturated heterocycles. The highest BCUT2D eigenvalue weighted by Gasteiger charge is 2.12. The van der Waals surface area contributed by atoms with Crippen LogP contribution in [0.15, 0.2) is 0 Å². The first kappa shape index (κ1) is 15.4. The normalized spacial score (nSPS) is 21.1. The third kappa shape index (κ3) is 6.94. The largest absolute Gasteiger partial charge is 0.394 e. The predicted molar refractivity (Wildman–Crippen MR) is 65.8 cm³/mol. The average Bonchev–Trinajstić information content (AvgIpc) is 2.43. The maximum Gasteiger partial charge on any atom is 0.158 e. The van der Waals surface area contributed by atoms with E-state index in [0.29, 0.717) is 13.0 Å². The van der Waals surface area contributed by atoms with Crippen LogP contribution in [-0.2, 0) is 18.9 Å². The smallest absolute Gasteiger partial charge is 0.158 e. The van der Waals surface area contributed by atoms with Crippen molar-refractivity contribution in [2.75, 3.05) is 33.7 Å². The summed E-state index contributed by atoms with van der Waals surface area (Å²) < 4.78 is 20.8. The molecular formula is C13H22O5. The summed E-state index contributed by atoms with van der Waals surface area (Å²) in [5.41, 5.74) is 0. The highest BCUT2D eigenvalue weighted by atomic mass is 16.7. The van der Waals surface area contributed by atoms with Crippen LogP contribution in [0.5, 0.6) is 0 Å². The topological polar surface area (TPSA) is 57.2 Å². The molecule has 0 amide bonds. The fourth-order valence-corrected chi connectivity index (χ4v) is 1.55. The first-order chi connectivity index (χ1) is 8.86. The van der Waals surface area contributed by atoms with Crippen LogP contribution < -0.4 is 0 Å². The fraction of sp³-hybridized carbons (Fsp3) is 0.846. The van der Waals surface area contributed by atoms with Gasteiger partial charge in [-0.3, -0.25) is 0 Å². The van der Waals surface area contributed by atoms with E-state index >= 15 is 0 Å². The van der Waals surface area contributed by atoms with Gasteiger partial charge in [-0.1, -0.05) is 11.8 Å². The van der Waals surface area contributed by atoms with Crippen LogP contribution >= 0.6 is 0 Å². The molecule has 2 atom stereocenters. The van der Waals surface area contributed by atoms with Gasteiger partial charge < -0.3 is 24.1 Å². The molecule has 0 aromatic carbocycles. The van der Waals surface area contributed by atoms with Gasteiger partial charge in [0.2, 0.25) is 0 Å². The summed E-state index contributed by atoms with van der Waals surface area (Å²) in [5.74, 6) is 5.80. The van der Waals surface area contributed by atoms with Crippen molar-refractivity contribution in [3.8, 4) is 11.8 Å². The van der Waals surface area contributed by atoms with Crippen LogP contribution in [0.3, 0.4) is 0 Å². The molecule has 0 saturated carbocycles. The minimum Gasteiger partial charge on any atom is -0.394 e. The van der Waals surface area contributed by atoms with Gasteiger partial charge in [0.1, 0.15) is 13.4 Å². The first-order valence-corrected chi connectivity index (χ1v) is 6.27. The van der Waals surface area contributed by atoms with Gasteiger partial charge in [-0.15, -0.1) is 0 Å². The Hall–Kier alpha value is -0.640. The van der Waals surface area contributed by atoms with Crippen molar-refractivity contribution in [2.45, 2.75) is 38.1 Å². The summed E-state index contributed by atoms with van der Waals surface area (Å²) in [6.07, 6.45) is 3.26. The molecule has 1 fully saturated rings. The van der Waals surface area contributed by atoms with E-state index in [1.54, 1.807) is 0 Å². The van der Waals surface area contributed by atoms with E-state index in [0.717, 1.165) is 25.9 Å². The number of ether oxygens (including phenoxy) is 4. The van der Waals surface area contributed by atoms with Gasteiger partial charge >= 0.3 is 0 Å². The van der Waals surface area contributed by atoms with Crippen LogP contribution in [-0.4, -0.2) is 51.2 Å². The Balaban J connectivity index is 2.08. The lowest BCUT2D eigenvalue weighted by Gasteiger charge is -2.21. The molecule has 0 radical (unpaired) electrons. The monoisotopic (exact) mass is 258 g/mol. The second-order valence-electron chi connectivity index (χ2n) is 4.04. The van der Waals surface area contributed by atoms with Crippen LogP contribution in [0.25, 0.3) is 0 Å². The number of methoxy groups -OCH3 is 1. The number of hydrogen-bond donors (Lipinski definition) is 1. The Morgan fingerprint density at radius 3 is 2.94 bits per heavy atom. The Morgan fingerprint density at radius 2 is 2.28 bits per heavy atom. The molecule has 1 aliphatic heterocycles. The number of aliphatic hydroxyl groups is 1. The van der Waals surface area contributed by atoms with Crippen molar-refractivity contribution in [2.24, 2.45) is 0 Å². The lowest BCUT2D eigenvalue weighted by Crippen LogP contribution is -2.22. The van der Waals surface area contributed by atoms with E-state index in [-0.39, 0.29) is 25.8 Å². The highest BCUT2D eigenvalue weighted by Crippen LogP contribution is 2.13. The third-order valence-corrected chi connectivity index (χ3v) is 2.56. The molecule has 5 nitrogen and oxygen atoms in total. The maximum atomic E-state index is 9.01. The number of aliphatic hydroxyl groups excluding tert-OH is 1. The van der Waals surface area contributed by atoms with Gasteiger partial charge in [-0.05, 0) is 19.3 Å². The van der Waals surface area contributed by atoms with Crippen molar-refractivity contribution < 1.29 is 24.1 Å². The van der Waals surface area contributed by atoms with Gasteiger partial charge in [0.25, 0.3) is 0 Å². The summed E-state index contributed by atoms with van der Waals surface area (Å²) in [6.45, 7) is 1.23. The average molecular weight is 258 g/mol. The molecule has 0 bridgehead atoms. The molecule has 1 aliphatic rings. The van der Waals surface area contributed by atoms with E-state index in [2.05, 4.69) is 11.8 Å². The quantitative estimate of drug-likeness (QED) is 0.543. The maximum absolute atomic E-state index is 9.01. The van der Waals surface area contributed by atoms with Crippen LogP contribution in [0.4, 0.5) is 0 Å². The molecule has 1 heterocycles. The van der Waals surface area contributed by atoms with E-state index in [1.165, 1.54) is 7.11 Å². The van der Waals surface area contributed by atoms with Crippen molar-refractivity contribution in [1.82, 2.24) is 0 Å². The Kier molecular flexibility index (Phi) is 8.82. The van der Waals surface area contributed by atoms with E-state index in [4.69, 9.17) is 24.1 Å². The summed E-state index contributed by atoms with van der Waals surface area (Å²) >= 11 is 0. The Labute approximate surface area is 108 Å². The van der Waals surface area contributed by atoms with Gasteiger partial charge in [0, 0.05) is 20.1 Å². The number of rotatable bonds is 7. The molecule has 104 valence electrons. The molecule has 5 heteroatoms. The molecule has 1 N–H and O–H groups in total. The molecule has 1 rings (SSSR count). The first-order valence-electron chi connectivity index (χ1n) is 6.27. The second-order valence-corrected chi connectivity index (χ2v) is 4.04. The van der Waals surface area contributed by atoms with Crippen molar-refractivity contribution in [3.05, 3.63) is 0 Å². The minimum absolute atomic E-state index is 0.0648. The van der Waals surface area contributed by atoms with E-state index in [9.17, 15) is 0 Å². The van der Waals surface area contributed by atoms with Gasteiger partial charge in [-0.2, -0.15) is 0 Å². The molecule has 0 aromatic heterocycles. The van der Waals surface area contributed by atoms with Gasteiger partial charge in [-0.25, -0.2) is 0 Å². The Morgan fingerprint density at radius 1 is 1.39 bits per heavy atom. The second kappa shape index (κ2) is 10.3. The van der Waals surface area contributed by atoms with Gasteiger partial charge in [0.05, 0.1) is 12.7 Å². The van der Waals surface area contributed by atoms with Gasteiger partial charge in [0.15, 0.2) is 6.29 Å². The molecular weight excluding hydrogens is 236 g/mol. The summed E-state index contributed by atoms with van der Waals surface area (Å²) in [7, 11) is 1.54. The zero-order valence-electron chi connectivity index (χ0n) is 10.9. The molecule has 0 aliphatic carbocycles. The predicted octanol–water partition coefficient (Wildman–Crippen LogP) is 0.904. The Bertz CT molecular complexity index is 252. The van der Waals surface area contributed by atoms with Crippen LogP contribution in [0.1, 0.15) is 25.7 Å². The molecule has 0 spiro atoms. The molecule has 18 heavy (non-hydrogen) atoms. The lowest BCUT2D eigenvalue weighted by atomic mass is 10.2. The zero-order chi connectivity index (χ0) is 13.1. The van der Waals surface area contributed by atoms with Crippen LogP contribution in [0.2, 0.25) is 0 Å². The molecule has 1 unspecified atom stereocenters. The van der Waals surface area contributed by atoms with Crippen molar-refractivity contribution >= 4 is 0 Å². The van der Waals surface area contributed by atoms with Crippen molar-refractivity contribution in [1.29, 1.82) is 0 Å². The molecule has 0 aromatic rings. The highest BCUT2D eigenvalue weighted by molar-refractivity contribution is 5.00. The fourth-order valence-electron chi connectivity index (χ4n) is 1.55. The standard InChI is InChI=1S/C13H22O5/c1-15-11-18-12(10-14)6-2-4-8-16-13-7-3-5-9-17-13/h12-14H,3,5-11H2,1H3/t12-,13?/m0/s1. The summed E-state index contributed by atoms with van der Waals surface area (Å²) in [5, 5.41) is 9.01. The van der Waals surface area contributed by atoms with Crippen molar-refractivity contribution in [3.63, 3.8) is 0 Å². The zero-order valence-corrected chi connectivity index (χ0v) is 10.9. The van der Waals surface area contributed by atoms with E-state index < -0.39 is 0 Å². The minimum atomic E-state index is -0.302.